The molecule has 0 amide bonds. The topological polar surface area (TPSA) is 49.7 Å². The van der Waals surface area contributed by atoms with Crippen LogP contribution in [0.3, 0.4) is 0 Å². The fourth-order valence-corrected chi connectivity index (χ4v) is 0.939. The Balaban J connectivity index is 3.24. The molecular weight excluding hydrogens is 163 g/mol. The molecule has 0 aromatic heterocycles. The second kappa shape index (κ2) is 3.40. The zero-order valence-corrected chi connectivity index (χ0v) is 6.54. The Kier molecular flexibility index (Phi) is 2.50. The summed E-state index contributed by atoms with van der Waals surface area (Å²) in [6.45, 7) is -0.380. The molecule has 0 aliphatic rings. The lowest BCUT2D eigenvalue weighted by atomic mass is 10.2. The van der Waals surface area contributed by atoms with Gasteiger partial charge in [-0.3, -0.25) is 0 Å². The van der Waals surface area contributed by atoms with Crippen LogP contribution in [0.25, 0.3) is 0 Å². The Hall–Kier alpha value is -1.29. The number of aliphatic hydroxyl groups excluding tert-OH is 1. The molecule has 3 nitrogen and oxygen atoms in total. The summed E-state index contributed by atoms with van der Waals surface area (Å²) in [6.07, 6.45) is 0. The number of hydrogen-bond acceptors (Lipinski definition) is 3. The van der Waals surface area contributed by atoms with Crippen LogP contribution in [-0.2, 0) is 6.61 Å². The minimum Gasteiger partial charge on any atom is -0.507 e. The molecule has 12 heavy (non-hydrogen) atoms. The third kappa shape index (κ3) is 1.48. The van der Waals surface area contributed by atoms with Crippen molar-refractivity contribution in [1.82, 2.24) is 0 Å². The highest BCUT2D eigenvalue weighted by Crippen LogP contribution is 2.28. The Morgan fingerprint density at radius 2 is 2.17 bits per heavy atom. The molecule has 1 aromatic carbocycles. The lowest BCUT2D eigenvalue weighted by Crippen LogP contribution is -1.93. The molecule has 0 unspecified atom stereocenters. The van der Waals surface area contributed by atoms with E-state index in [0.29, 0.717) is 0 Å². The van der Waals surface area contributed by atoms with E-state index in [1.165, 1.54) is 7.11 Å². The predicted octanol–water partition coefficient (Wildman–Crippen LogP) is 1.03. The van der Waals surface area contributed by atoms with Crippen LogP contribution < -0.4 is 4.74 Å². The van der Waals surface area contributed by atoms with Gasteiger partial charge in [-0.25, -0.2) is 4.39 Å². The number of aliphatic hydroxyl groups is 1. The van der Waals surface area contributed by atoms with Gasteiger partial charge < -0.3 is 14.9 Å². The highest BCUT2D eigenvalue weighted by molar-refractivity contribution is 5.43. The summed E-state index contributed by atoms with van der Waals surface area (Å²) in [5.74, 6) is -0.745. The maximum atomic E-state index is 12.6. The normalized spacial score (nSPS) is 9.92. The van der Waals surface area contributed by atoms with Crippen LogP contribution in [0.4, 0.5) is 4.39 Å². The van der Waals surface area contributed by atoms with Gasteiger partial charge in [0.2, 0.25) is 0 Å². The van der Waals surface area contributed by atoms with E-state index in [9.17, 15) is 4.39 Å². The van der Waals surface area contributed by atoms with E-state index in [4.69, 9.17) is 14.9 Å². The third-order valence-electron chi connectivity index (χ3n) is 1.53. The fourth-order valence-electron chi connectivity index (χ4n) is 0.939. The molecule has 1 rings (SSSR count). The molecule has 66 valence electrons. The van der Waals surface area contributed by atoms with Crippen LogP contribution in [0, 0.1) is 5.82 Å². The molecule has 0 bridgehead atoms. The van der Waals surface area contributed by atoms with Crippen LogP contribution in [0.2, 0.25) is 0 Å². The van der Waals surface area contributed by atoms with Crippen LogP contribution >= 0.6 is 0 Å². The Bertz CT molecular complexity index is 286. The van der Waals surface area contributed by atoms with Crippen molar-refractivity contribution in [2.75, 3.05) is 7.11 Å². The summed E-state index contributed by atoms with van der Waals surface area (Å²) in [6, 6.07) is 2.03. The largest absolute Gasteiger partial charge is 0.507 e. The summed E-state index contributed by atoms with van der Waals surface area (Å²) in [7, 11) is 1.34. The summed E-state index contributed by atoms with van der Waals surface area (Å²) < 4.78 is 17.3. The van der Waals surface area contributed by atoms with Crippen molar-refractivity contribution in [2.45, 2.75) is 6.61 Å². The average Bonchev–Trinajstić information content (AvgIpc) is 2.03. The van der Waals surface area contributed by atoms with Crippen LogP contribution in [0.1, 0.15) is 5.56 Å². The standard InChI is InChI=1S/C8H9FO3/c1-12-8-3-5(9)2-7(11)6(8)4-10/h2-3,10-11H,4H2,1H3. The predicted molar refractivity (Wildman–Crippen MR) is 40.5 cm³/mol. The van der Waals surface area contributed by atoms with E-state index < -0.39 is 5.82 Å². The first-order valence-electron chi connectivity index (χ1n) is 3.35. The highest BCUT2D eigenvalue weighted by Gasteiger charge is 2.09. The molecule has 0 saturated carbocycles. The van der Waals surface area contributed by atoms with E-state index in [1.807, 2.05) is 0 Å². The van der Waals surface area contributed by atoms with Gasteiger partial charge in [0.05, 0.1) is 19.3 Å². The number of rotatable bonds is 2. The Labute approximate surface area is 69.0 Å². The first-order valence-corrected chi connectivity index (χ1v) is 3.35. The van der Waals surface area contributed by atoms with Gasteiger partial charge in [0, 0.05) is 12.1 Å². The van der Waals surface area contributed by atoms with Crippen molar-refractivity contribution < 1.29 is 19.3 Å². The monoisotopic (exact) mass is 172 g/mol. The number of methoxy groups -OCH3 is 1. The molecule has 2 N–H and O–H groups in total. The Morgan fingerprint density at radius 1 is 1.50 bits per heavy atom. The smallest absolute Gasteiger partial charge is 0.131 e. The van der Waals surface area contributed by atoms with E-state index in [1.54, 1.807) is 0 Å². The SMILES string of the molecule is COc1cc(F)cc(O)c1CO. The van der Waals surface area contributed by atoms with Gasteiger partial charge in [-0.15, -0.1) is 0 Å². The molecule has 0 fully saturated rings. The van der Waals surface area contributed by atoms with Gasteiger partial charge in [-0.2, -0.15) is 0 Å². The summed E-state index contributed by atoms with van der Waals surface area (Å²) in [4.78, 5) is 0. The van der Waals surface area contributed by atoms with E-state index in [-0.39, 0.29) is 23.7 Å². The van der Waals surface area contributed by atoms with Crippen molar-refractivity contribution in [3.63, 3.8) is 0 Å². The Morgan fingerprint density at radius 3 is 2.67 bits per heavy atom. The van der Waals surface area contributed by atoms with Gasteiger partial charge in [0.15, 0.2) is 0 Å². The van der Waals surface area contributed by atoms with Gasteiger partial charge >= 0.3 is 0 Å². The van der Waals surface area contributed by atoms with Gasteiger partial charge in [0.1, 0.15) is 17.3 Å². The minimum absolute atomic E-state index is 0.148. The number of ether oxygens (including phenoxy) is 1. The highest BCUT2D eigenvalue weighted by atomic mass is 19.1. The molecule has 4 heteroatoms. The van der Waals surface area contributed by atoms with Crippen LogP contribution in [-0.4, -0.2) is 17.3 Å². The number of halogens is 1. The molecule has 1 aromatic rings. The summed E-state index contributed by atoms with van der Waals surface area (Å²) in [5.41, 5.74) is 0.193. The molecule has 0 heterocycles. The average molecular weight is 172 g/mol. The molecule has 0 aliphatic carbocycles. The second-order valence-corrected chi connectivity index (χ2v) is 2.26. The fraction of sp³-hybridized carbons (Fsp3) is 0.250. The van der Waals surface area contributed by atoms with Gasteiger partial charge in [-0.05, 0) is 0 Å². The maximum absolute atomic E-state index is 12.6. The van der Waals surface area contributed by atoms with Crippen molar-refractivity contribution >= 4 is 0 Å². The van der Waals surface area contributed by atoms with Crippen molar-refractivity contribution in [2.24, 2.45) is 0 Å². The quantitative estimate of drug-likeness (QED) is 0.700. The molecule has 0 radical (unpaired) electrons. The van der Waals surface area contributed by atoms with E-state index in [0.717, 1.165) is 12.1 Å². The second-order valence-electron chi connectivity index (χ2n) is 2.26. The van der Waals surface area contributed by atoms with Crippen molar-refractivity contribution in [1.29, 1.82) is 0 Å². The first-order chi connectivity index (χ1) is 5.69. The summed E-state index contributed by atoms with van der Waals surface area (Å²) >= 11 is 0. The van der Waals surface area contributed by atoms with Crippen LogP contribution in [0.5, 0.6) is 11.5 Å². The van der Waals surface area contributed by atoms with Crippen LogP contribution in [0.15, 0.2) is 12.1 Å². The maximum Gasteiger partial charge on any atom is 0.131 e. The lowest BCUT2D eigenvalue weighted by molar-refractivity contribution is 0.266. The molecule has 0 saturated heterocycles. The van der Waals surface area contributed by atoms with Crippen molar-refractivity contribution in [3.05, 3.63) is 23.5 Å². The van der Waals surface area contributed by atoms with Gasteiger partial charge in [-0.1, -0.05) is 0 Å². The van der Waals surface area contributed by atoms with Crippen molar-refractivity contribution in [3.8, 4) is 11.5 Å². The number of aromatic hydroxyl groups is 1. The number of benzene rings is 1. The lowest BCUT2D eigenvalue weighted by Gasteiger charge is -2.07. The minimum atomic E-state index is -0.596. The zero-order valence-electron chi connectivity index (χ0n) is 6.54. The van der Waals surface area contributed by atoms with E-state index >= 15 is 0 Å². The first kappa shape index (κ1) is 8.80. The molecule has 0 atom stereocenters. The summed E-state index contributed by atoms with van der Waals surface area (Å²) in [5, 5.41) is 17.9. The van der Waals surface area contributed by atoms with Gasteiger partial charge in [0.25, 0.3) is 0 Å². The van der Waals surface area contributed by atoms with E-state index in [2.05, 4.69) is 0 Å². The zero-order chi connectivity index (χ0) is 9.14. The number of phenols is 1. The molecule has 0 aliphatic heterocycles. The molecule has 0 spiro atoms. The third-order valence-corrected chi connectivity index (χ3v) is 1.53. The number of hydrogen-bond donors (Lipinski definition) is 2. The molecular formula is C8H9FO3.